The summed E-state index contributed by atoms with van der Waals surface area (Å²) in [5.41, 5.74) is 0. The van der Waals surface area contributed by atoms with Gasteiger partial charge >= 0.3 is 0 Å². The Balaban J connectivity index is 2.38. The van der Waals surface area contributed by atoms with Crippen molar-refractivity contribution in [3.05, 3.63) is 30.3 Å². The zero-order valence-corrected chi connectivity index (χ0v) is 10.2. The van der Waals surface area contributed by atoms with Crippen molar-refractivity contribution in [2.45, 2.75) is 8.82 Å². The molecule has 1 aromatic carbocycles. The van der Waals surface area contributed by atoms with E-state index in [-0.39, 0.29) is 0 Å². The fourth-order valence-corrected chi connectivity index (χ4v) is 2.29. The van der Waals surface area contributed by atoms with E-state index in [1.165, 1.54) is 4.90 Å². The first kappa shape index (κ1) is 10.5. The van der Waals surface area contributed by atoms with Gasteiger partial charge in [-0.25, -0.2) is 0 Å². The van der Waals surface area contributed by atoms with Gasteiger partial charge in [-0.2, -0.15) is 0 Å². The van der Waals surface area contributed by atoms with Crippen LogP contribution in [0.25, 0.3) is 0 Å². The molecule has 0 amide bonds. The first-order chi connectivity index (χ1) is 5.83. The van der Waals surface area contributed by atoms with Crippen molar-refractivity contribution in [1.29, 1.82) is 0 Å². The van der Waals surface area contributed by atoms with Gasteiger partial charge in [0.15, 0.2) is 0 Å². The second-order valence-electron chi connectivity index (χ2n) is 2.28. The molecule has 1 unspecified atom stereocenters. The first-order valence-electron chi connectivity index (χ1n) is 3.60. The molecule has 0 fully saturated rings. The molecule has 0 saturated carbocycles. The maximum atomic E-state index is 4.84. The summed E-state index contributed by atoms with van der Waals surface area (Å²) in [5, 5.41) is 1.82. The number of benzene rings is 1. The smallest absolute Gasteiger partial charge is 0.0486 e. The highest BCUT2D eigenvalue weighted by atomic mass is 127. The summed E-state index contributed by atoms with van der Waals surface area (Å²) < 4.78 is 0.489. The van der Waals surface area contributed by atoms with Crippen LogP contribution in [-0.2, 0) is 0 Å². The third-order valence-corrected chi connectivity index (χ3v) is 4.65. The Hall–Kier alpha value is 0.390. The molecule has 12 heavy (non-hydrogen) atoms. The highest BCUT2D eigenvalue weighted by Gasteiger charge is 1.99. The van der Waals surface area contributed by atoms with Crippen LogP contribution < -0.4 is 0 Å². The number of halogens is 1. The van der Waals surface area contributed by atoms with Crippen LogP contribution >= 0.6 is 46.6 Å². The average Bonchev–Trinajstić information content (AvgIpc) is 2.16. The summed E-state index contributed by atoms with van der Waals surface area (Å²) in [6.07, 6.45) is 0. The van der Waals surface area contributed by atoms with Gasteiger partial charge in [-0.3, -0.25) is 0 Å². The van der Waals surface area contributed by atoms with Crippen LogP contribution in [0.5, 0.6) is 0 Å². The van der Waals surface area contributed by atoms with E-state index in [0.29, 0.717) is 3.92 Å². The topological polar surface area (TPSA) is 0 Å². The number of hydrogen-bond acceptors (Lipinski definition) is 2. The molecular weight excluding hydrogens is 299 g/mol. The van der Waals surface area contributed by atoms with Crippen LogP contribution in [-0.4, -0.2) is 15.0 Å². The molecular formula is C9H9IS2. The van der Waals surface area contributed by atoms with Crippen LogP contribution in [0.15, 0.2) is 35.2 Å². The van der Waals surface area contributed by atoms with Gasteiger partial charge in [-0.15, -0.1) is 11.8 Å². The SMILES string of the molecule is S=CC(I)CSc1ccccc1. The fourth-order valence-electron chi connectivity index (χ4n) is 0.732. The molecule has 0 nitrogen and oxygen atoms in total. The average molecular weight is 308 g/mol. The van der Waals surface area contributed by atoms with E-state index in [4.69, 9.17) is 12.2 Å². The van der Waals surface area contributed by atoms with Gasteiger partial charge in [0.05, 0.1) is 0 Å². The zero-order valence-electron chi connectivity index (χ0n) is 6.44. The van der Waals surface area contributed by atoms with Gasteiger partial charge in [-0.05, 0) is 17.5 Å². The van der Waals surface area contributed by atoms with Crippen molar-refractivity contribution < 1.29 is 0 Å². The Bertz CT molecular complexity index is 236. The summed E-state index contributed by atoms with van der Waals surface area (Å²) in [6.45, 7) is 0. The summed E-state index contributed by atoms with van der Waals surface area (Å²) in [6, 6.07) is 10.4. The predicted octanol–water partition coefficient (Wildman–Crippen LogP) is 3.58. The van der Waals surface area contributed by atoms with Gasteiger partial charge < -0.3 is 0 Å². The Morgan fingerprint density at radius 3 is 2.67 bits per heavy atom. The maximum Gasteiger partial charge on any atom is 0.0486 e. The van der Waals surface area contributed by atoms with Crippen LogP contribution in [0.2, 0.25) is 0 Å². The van der Waals surface area contributed by atoms with Gasteiger partial charge in [0.1, 0.15) is 0 Å². The van der Waals surface area contributed by atoms with Crippen LogP contribution in [0, 0.1) is 0 Å². The lowest BCUT2D eigenvalue weighted by molar-refractivity contribution is 1.40. The number of thioether (sulfide) groups is 1. The number of thiocarbonyl (C=S) groups is 1. The molecule has 0 aromatic heterocycles. The maximum absolute atomic E-state index is 4.84. The second kappa shape index (κ2) is 5.94. The number of hydrogen-bond donors (Lipinski definition) is 0. The van der Waals surface area contributed by atoms with Crippen LogP contribution in [0.4, 0.5) is 0 Å². The van der Waals surface area contributed by atoms with E-state index in [0.717, 1.165) is 5.75 Å². The van der Waals surface area contributed by atoms with Crippen molar-refractivity contribution in [1.82, 2.24) is 0 Å². The summed E-state index contributed by atoms with van der Waals surface area (Å²) >= 11 is 9.04. The van der Waals surface area contributed by atoms with Crippen molar-refractivity contribution in [3.63, 3.8) is 0 Å². The third-order valence-electron chi connectivity index (χ3n) is 1.30. The highest BCUT2D eigenvalue weighted by Crippen LogP contribution is 2.19. The quantitative estimate of drug-likeness (QED) is 0.361. The molecule has 0 aliphatic carbocycles. The van der Waals surface area contributed by atoms with E-state index in [2.05, 4.69) is 46.9 Å². The fraction of sp³-hybridized carbons (Fsp3) is 0.222. The van der Waals surface area contributed by atoms with Gasteiger partial charge in [0.25, 0.3) is 0 Å². The second-order valence-corrected chi connectivity index (χ2v) is 5.24. The van der Waals surface area contributed by atoms with Gasteiger partial charge in [-0.1, -0.05) is 53.0 Å². The standard InChI is InChI=1S/C9H9IS2/c10-8(6-11)7-12-9-4-2-1-3-5-9/h1-6,8H,7H2. The zero-order chi connectivity index (χ0) is 8.81. The molecule has 1 atom stereocenters. The molecule has 0 N–H and O–H groups in total. The van der Waals surface area contributed by atoms with Crippen molar-refractivity contribution in [3.8, 4) is 0 Å². The Morgan fingerprint density at radius 1 is 1.42 bits per heavy atom. The molecule has 64 valence electrons. The third kappa shape index (κ3) is 3.87. The van der Waals surface area contributed by atoms with E-state index >= 15 is 0 Å². The van der Waals surface area contributed by atoms with Crippen molar-refractivity contribution in [2.75, 3.05) is 5.75 Å². The summed E-state index contributed by atoms with van der Waals surface area (Å²) in [7, 11) is 0. The first-order valence-corrected chi connectivity index (χ1v) is 6.30. The van der Waals surface area contributed by atoms with Gasteiger partial charge in [0.2, 0.25) is 0 Å². The molecule has 0 saturated heterocycles. The van der Waals surface area contributed by atoms with E-state index in [9.17, 15) is 0 Å². The Labute approximate surface area is 96.3 Å². The van der Waals surface area contributed by atoms with E-state index in [1.807, 2.05) is 23.2 Å². The monoisotopic (exact) mass is 308 g/mol. The van der Waals surface area contributed by atoms with Crippen LogP contribution in [0.3, 0.4) is 0 Å². The predicted molar refractivity (Wildman–Crippen MR) is 68.6 cm³/mol. The van der Waals surface area contributed by atoms with Crippen molar-refractivity contribution >= 4 is 51.9 Å². The molecule has 0 heterocycles. The van der Waals surface area contributed by atoms with E-state index < -0.39 is 0 Å². The van der Waals surface area contributed by atoms with Crippen molar-refractivity contribution in [2.24, 2.45) is 0 Å². The molecule has 0 aliphatic heterocycles. The van der Waals surface area contributed by atoms with Crippen LogP contribution in [0.1, 0.15) is 0 Å². The molecule has 0 bridgehead atoms. The molecule has 0 spiro atoms. The lowest BCUT2D eigenvalue weighted by Gasteiger charge is -2.02. The molecule has 3 heteroatoms. The Morgan fingerprint density at radius 2 is 2.08 bits per heavy atom. The molecule has 1 aromatic rings. The normalized spacial score (nSPS) is 12.4. The minimum atomic E-state index is 0.489. The largest absolute Gasteiger partial charge is 0.125 e. The lowest BCUT2D eigenvalue weighted by Crippen LogP contribution is -1.99. The number of alkyl halides is 1. The summed E-state index contributed by atoms with van der Waals surface area (Å²) in [4.78, 5) is 1.32. The minimum absolute atomic E-state index is 0.489. The molecule has 0 radical (unpaired) electrons. The Kier molecular flexibility index (Phi) is 5.18. The van der Waals surface area contributed by atoms with Gasteiger partial charge in [0, 0.05) is 14.6 Å². The molecule has 1 rings (SSSR count). The number of rotatable bonds is 4. The molecule has 0 aliphatic rings. The highest BCUT2D eigenvalue weighted by molar-refractivity contribution is 14.1. The lowest BCUT2D eigenvalue weighted by atomic mass is 10.4. The minimum Gasteiger partial charge on any atom is -0.125 e. The van der Waals surface area contributed by atoms with E-state index in [1.54, 1.807) is 0 Å². The summed E-state index contributed by atoms with van der Waals surface area (Å²) in [5.74, 6) is 1.06.